The first kappa shape index (κ1) is 18.8. The average molecular weight is 378 g/mol. The van der Waals surface area contributed by atoms with Gasteiger partial charge >= 0.3 is 0 Å². The van der Waals surface area contributed by atoms with Crippen molar-refractivity contribution in [3.63, 3.8) is 0 Å². The number of fused-ring (bicyclic) bond motifs is 1. The molecule has 0 bridgehead atoms. The van der Waals surface area contributed by atoms with Crippen LogP contribution in [0.25, 0.3) is 10.9 Å². The van der Waals surface area contributed by atoms with E-state index >= 15 is 0 Å². The molecule has 1 unspecified atom stereocenters. The molecule has 0 spiro atoms. The van der Waals surface area contributed by atoms with Crippen LogP contribution in [0.3, 0.4) is 0 Å². The third kappa shape index (κ3) is 4.82. The van der Waals surface area contributed by atoms with Crippen molar-refractivity contribution in [3.8, 4) is 0 Å². The summed E-state index contributed by atoms with van der Waals surface area (Å²) >= 11 is 0. The van der Waals surface area contributed by atoms with Crippen LogP contribution >= 0.6 is 0 Å². The number of rotatable bonds is 6. The fourth-order valence-electron chi connectivity index (χ4n) is 3.32. The van der Waals surface area contributed by atoms with Crippen molar-refractivity contribution >= 4 is 32.7 Å². The fraction of sp³-hybridized carbons (Fsp3) is 0.556. The van der Waals surface area contributed by atoms with Gasteiger partial charge in [0.1, 0.15) is 5.82 Å². The number of hydrogen-bond acceptors (Lipinski definition) is 6. The third-order valence-corrected chi connectivity index (χ3v) is 5.14. The summed E-state index contributed by atoms with van der Waals surface area (Å²) in [5.74, 6) is 1.82. The summed E-state index contributed by atoms with van der Waals surface area (Å²) in [5, 5.41) is 4.32. The molecule has 0 amide bonds. The molecule has 1 aliphatic heterocycles. The number of sulfonamides is 1. The van der Waals surface area contributed by atoms with E-state index in [4.69, 9.17) is 4.98 Å². The molecule has 1 fully saturated rings. The van der Waals surface area contributed by atoms with Gasteiger partial charge in [-0.15, -0.1) is 0 Å². The molecule has 0 saturated carbocycles. The van der Waals surface area contributed by atoms with E-state index in [1.54, 1.807) is 0 Å². The zero-order valence-corrected chi connectivity index (χ0v) is 16.4. The van der Waals surface area contributed by atoms with E-state index in [0.29, 0.717) is 12.5 Å². The van der Waals surface area contributed by atoms with Gasteiger partial charge in [0, 0.05) is 31.1 Å². The molecule has 0 radical (unpaired) electrons. The topological polar surface area (TPSA) is 87.2 Å². The molecule has 26 heavy (non-hydrogen) atoms. The van der Waals surface area contributed by atoms with Gasteiger partial charge in [0.15, 0.2) is 0 Å². The quantitative estimate of drug-likeness (QED) is 0.803. The summed E-state index contributed by atoms with van der Waals surface area (Å²) in [6.07, 6.45) is 3.23. The van der Waals surface area contributed by atoms with Crippen LogP contribution < -0.4 is 14.9 Å². The number of piperidine rings is 1. The van der Waals surface area contributed by atoms with Crippen molar-refractivity contribution in [2.75, 3.05) is 36.1 Å². The lowest BCUT2D eigenvalue weighted by Crippen LogP contribution is -2.41. The lowest BCUT2D eigenvalue weighted by molar-refractivity contribution is 0.410. The number of nitrogens with zero attached hydrogens (tertiary/aromatic N) is 3. The van der Waals surface area contributed by atoms with Crippen LogP contribution in [-0.4, -0.2) is 50.3 Å². The standard InChI is InChI=1S/C18H27N5O2S/c1-13(2)20-18-21-16-9-5-4-8-15(16)17(22-18)23-10-6-7-14(12-23)11-19-26(3,24)25/h4-5,8-9,13-14,19H,6-7,10-12H2,1-3H3,(H,20,21,22). The second kappa shape index (κ2) is 7.75. The average Bonchev–Trinajstić information content (AvgIpc) is 2.58. The predicted molar refractivity (Wildman–Crippen MR) is 106 cm³/mol. The van der Waals surface area contributed by atoms with Crippen LogP contribution in [0.5, 0.6) is 0 Å². The minimum atomic E-state index is -3.16. The maximum absolute atomic E-state index is 11.4. The highest BCUT2D eigenvalue weighted by atomic mass is 32.2. The van der Waals surface area contributed by atoms with Gasteiger partial charge in [0.05, 0.1) is 11.8 Å². The maximum atomic E-state index is 11.4. The molecule has 2 heterocycles. The number of para-hydroxylation sites is 1. The number of hydrogen-bond donors (Lipinski definition) is 2. The largest absolute Gasteiger partial charge is 0.356 e. The monoisotopic (exact) mass is 377 g/mol. The Kier molecular flexibility index (Phi) is 5.62. The first-order valence-corrected chi connectivity index (χ1v) is 10.9. The Bertz CT molecular complexity index is 869. The van der Waals surface area contributed by atoms with E-state index in [9.17, 15) is 8.42 Å². The third-order valence-electron chi connectivity index (χ3n) is 4.45. The molecule has 2 N–H and O–H groups in total. The molecule has 1 atom stereocenters. The summed E-state index contributed by atoms with van der Waals surface area (Å²) in [7, 11) is -3.16. The number of benzene rings is 1. The van der Waals surface area contributed by atoms with Crippen LogP contribution in [-0.2, 0) is 10.0 Å². The highest BCUT2D eigenvalue weighted by molar-refractivity contribution is 7.88. The van der Waals surface area contributed by atoms with Crippen molar-refractivity contribution in [3.05, 3.63) is 24.3 Å². The smallest absolute Gasteiger partial charge is 0.225 e. The van der Waals surface area contributed by atoms with E-state index in [1.165, 1.54) is 6.26 Å². The Hall–Kier alpha value is -1.93. The summed E-state index contributed by atoms with van der Waals surface area (Å²) in [6, 6.07) is 8.27. The van der Waals surface area contributed by atoms with Crippen molar-refractivity contribution in [1.29, 1.82) is 0 Å². The maximum Gasteiger partial charge on any atom is 0.225 e. The van der Waals surface area contributed by atoms with E-state index < -0.39 is 10.0 Å². The SMILES string of the molecule is CC(C)Nc1nc(N2CCCC(CNS(C)(=O)=O)C2)c2ccccc2n1. The zero-order chi connectivity index (χ0) is 18.7. The summed E-state index contributed by atoms with van der Waals surface area (Å²) in [6.45, 7) is 6.29. The first-order valence-electron chi connectivity index (χ1n) is 9.05. The van der Waals surface area contributed by atoms with Crippen molar-refractivity contribution < 1.29 is 8.42 Å². The second-order valence-corrected chi connectivity index (χ2v) is 9.09. The zero-order valence-electron chi connectivity index (χ0n) is 15.6. The van der Waals surface area contributed by atoms with E-state index in [1.807, 2.05) is 24.3 Å². The first-order chi connectivity index (χ1) is 12.3. The highest BCUT2D eigenvalue weighted by Gasteiger charge is 2.24. The summed E-state index contributed by atoms with van der Waals surface area (Å²) in [5.41, 5.74) is 0.914. The molecule has 0 aliphatic carbocycles. The van der Waals surface area contributed by atoms with E-state index in [-0.39, 0.29) is 12.0 Å². The molecule has 2 aromatic rings. The van der Waals surface area contributed by atoms with Crippen molar-refractivity contribution in [2.24, 2.45) is 5.92 Å². The highest BCUT2D eigenvalue weighted by Crippen LogP contribution is 2.29. The molecule has 7 nitrogen and oxygen atoms in total. The Balaban J connectivity index is 1.88. The molecule has 1 aliphatic rings. The Labute approximate surface area is 155 Å². The minimum absolute atomic E-state index is 0.247. The van der Waals surface area contributed by atoms with Gasteiger partial charge in [-0.2, -0.15) is 4.98 Å². The van der Waals surface area contributed by atoms with Gasteiger partial charge < -0.3 is 10.2 Å². The van der Waals surface area contributed by atoms with E-state index in [2.05, 4.69) is 33.8 Å². The molecular formula is C18H27N5O2S. The van der Waals surface area contributed by atoms with Crippen LogP contribution in [0.15, 0.2) is 24.3 Å². The number of aromatic nitrogens is 2. The minimum Gasteiger partial charge on any atom is -0.356 e. The summed E-state index contributed by atoms with van der Waals surface area (Å²) < 4.78 is 25.4. The van der Waals surface area contributed by atoms with Gasteiger partial charge in [-0.05, 0) is 44.7 Å². The molecular weight excluding hydrogens is 350 g/mol. The lowest BCUT2D eigenvalue weighted by Gasteiger charge is -2.34. The van der Waals surface area contributed by atoms with Crippen LogP contribution in [0, 0.1) is 5.92 Å². The lowest BCUT2D eigenvalue weighted by atomic mass is 9.98. The van der Waals surface area contributed by atoms with Gasteiger partial charge in [0.2, 0.25) is 16.0 Å². The van der Waals surface area contributed by atoms with E-state index in [0.717, 1.165) is 42.7 Å². The van der Waals surface area contributed by atoms with Gasteiger partial charge in [-0.3, -0.25) is 0 Å². The molecule has 8 heteroatoms. The molecule has 1 aromatic heterocycles. The Morgan fingerprint density at radius 2 is 2.04 bits per heavy atom. The van der Waals surface area contributed by atoms with Crippen LogP contribution in [0.4, 0.5) is 11.8 Å². The summed E-state index contributed by atoms with van der Waals surface area (Å²) in [4.78, 5) is 11.6. The second-order valence-electron chi connectivity index (χ2n) is 7.26. The Morgan fingerprint density at radius 1 is 1.27 bits per heavy atom. The van der Waals surface area contributed by atoms with Crippen molar-refractivity contribution in [2.45, 2.75) is 32.7 Å². The molecule has 1 saturated heterocycles. The molecule has 142 valence electrons. The Morgan fingerprint density at radius 3 is 2.77 bits per heavy atom. The number of nitrogens with one attached hydrogen (secondary N) is 2. The molecule has 3 rings (SSSR count). The van der Waals surface area contributed by atoms with Crippen LogP contribution in [0.2, 0.25) is 0 Å². The van der Waals surface area contributed by atoms with Crippen molar-refractivity contribution in [1.82, 2.24) is 14.7 Å². The van der Waals surface area contributed by atoms with Gasteiger partial charge in [0.25, 0.3) is 0 Å². The number of anilines is 2. The predicted octanol–water partition coefficient (Wildman–Crippen LogP) is 2.22. The van der Waals surface area contributed by atoms with Crippen LogP contribution in [0.1, 0.15) is 26.7 Å². The molecule has 1 aromatic carbocycles. The normalized spacial score (nSPS) is 18.5. The van der Waals surface area contributed by atoms with Gasteiger partial charge in [-0.25, -0.2) is 18.1 Å². The van der Waals surface area contributed by atoms with Gasteiger partial charge in [-0.1, -0.05) is 12.1 Å². The fourth-order valence-corrected chi connectivity index (χ4v) is 3.86.